The Labute approximate surface area is 282 Å². The van der Waals surface area contributed by atoms with Gasteiger partial charge in [-0.1, -0.05) is 65.5 Å². The van der Waals surface area contributed by atoms with E-state index < -0.39 is 0 Å². The third-order valence-corrected chi connectivity index (χ3v) is 14.0. The highest BCUT2D eigenvalue weighted by Crippen LogP contribution is 2.65. The summed E-state index contributed by atoms with van der Waals surface area (Å²) in [7, 11) is 0. The van der Waals surface area contributed by atoms with Crippen LogP contribution < -0.4 is 10.4 Å². The molecule has 1 aromatic heterocycles. The lowest BCUT2D eigenvalue weighted by atomic mass is 9.44. The summed E-state index contributed by atoms with van der Waals surface area (Å²) < 4.78 is 17.4. The highest BCUT2D eigenvalue weighted by Gasteiger charge is 2.56. The van der Waals surface area contributed by atoms with Crippen molar-refractivity contribution >= 4 is 16.9 Å². The number of fused-ring (bicyclic) bond motifs is 8. The molecule has 0 saturated heterocycles. The summed E-state index contributed by atoms with van der Waals surface area (Å²) in [5.41, 5.74) is 4.46. The van der Waals surface area contributed by atoms with Crippen molar-refractivity contribution in [2.24, 2.45) is 46.3 Å². The third kappa shape index (κ3) is 6.34. The predicted molar refractivity (Wildman–Crippen MR) is 188 cm³/mol. The molecular formula is C42H58O5. The van der Waals surface area contributed by atoms with E-state index in [1.54, 1.807) is 6.07 Å². The fourth-order valence-corrected chi connectivity index (χ4v) is 11.3. The third-order valence-electron chi connectivity index (χ3n) is 14.0. The molecule has 0 unspecified atom stereocenters. The summed E-state index contributed by atoms with van der Waals surface area (Å²) in [5.74, 6) is 5.20. The smallest absolute Gasteiger partial charge is 0.344 e. The van der Waals surface area contributed by atoms with Gasteiger partial charge in [0.05, 0.1) is 0 Å². The monoisotopic (exact) mass is 642 g/mol. The average Bonchev–Trinajstić information content (AvgIpc) is 3.54. The van der Waals surface area contributed by atoms with Crippen LogP contribution in [0.25, 0.3) is 11.0 Å². The first-order chi connectivity index (χ1) is 22.5. The van der Waals surface area contributed by atoms with Crippen molar-refractivity contribution in [3.63, 3.8) is 0 Å². The van der Waals surface area contributed by atoms with E-state index in [4.69, 9.17) is 13.9 Å². The van der Waals surface area contributed by atoms with Gasteiger partial charge in [0.1, 0.15) is 17.4 Å². The first-order valence-electron chi connectivity index (χ1n) is 19.1. The van der Waals surface area contributed by atoms with Crippen molar-refractivity contribution in [1.29, 1.82) is 0 Å². The van der Waals surface area contributed by atoms with Crippen LogP contribution >= 0.6 is 0 Å². The number of allylic oxidation sites excluding steroid dienone is 1. The van der Waals surface area contributed by atoms with Gasteiger partial charge in [-0.25, -0.2) is 9.59 Å². The number of rotatable bonds is 9. The largest absolute Gasteiger partial charge is 0.482 e. The Kier molecular flexibility index (Phi) is 9.15. The molecule has 1 heterocycles. The quantitative estimate of drug-likeness (QED) is 0.155. The summed E-state index contributed by atoms with van der Waals surface area (Å²) in [6.45, 7) is 12.3. The number of aryl methyl sites for hydroxylation is 1. The number of esters is 1. The molecule has 3 saturated carbocycles. The van der Waals surface area contributed by atoms with Crippen LogP contribution in [0.1, 0.15) is 129 Å². The van der Waals surface area contributed by atoms with E-state index in [0.717, 1.165) is 90.5 Å². The molecule has 47 heavy (non-hydrogen) atoms. The number of hydrogen-bond acceptors (Lipinski definition) is 5. The minimum atomic E-state index is -0.327. The van der Waals surface area contributed by atoms with E-state index >= 15 is 0 Å². The molecule has 7 rings (SSSR count). The standard InChI is InChI=1S/C42H58O5/c1-26(2)8-6-9-27(3)28-12-17-36-35-15-13-29-22-31(18-21-42(29,5)37(35)19-20-41(36,4)24-28)46-39(43)25-45-30-14-16-33-32-10-7-11-34(32)40(44)47-38(33)23-30/h13-14,16,23,26-28,31,35-37H,6-12,15,17-22,24-25H2,1-5H3/t27-,28+,31-,35-,36+,37-,41+,42-/m0/s1. The molecule has 5 nitrogen and oxygen atoms in total. The van der Waals surface area contributed by atoms with Crippen molar-refractivity contribution in [2.75, 3.05) is 6.61 Å². The lowest BCUT2D eigenvalue weighted by Crippen LogP contribution is -2.52. The maximum Gasteiger partial charge on any atom is 0.344 e. The number of benzene rings is 1. The molecule has 0 bridgehead atoms. The van der Waals surface area contributed by atoms with Crippen LogP contribution in [0.5, 0.6) is 5.75 Å². The van der Waals surface area contributed by atoms with Crippen LogP contribution in [0, 0.1) is 46.3 Å². The van der Waals surface area contributed by atoms with E-state index in [-0.39, 0.29) is 29.7 Å². The van der Waals surface area contributed by atoms with Crippen LogP contribution in [0.4, 0.5) is 0 Å². The van der Waals surface area contributed by atoms with Crippen LogP contribution in [-0.2, 0) is 22.4 Å². The summed E-state index contributed by atoms with van der Waals surface area (Å²) >= 11 is 0. The molecule has 0 aliphatic heterocycles. The number of hydrogen-bond donors (Lipinski definition) is 0. The highest BCUT2D eigenvalue weighted by atomic mass is 16.6. The van der Waals surface area contributed by atoms with Gasteiger partial charge in [-0.15, -0.1) is 0 Å². The van der Waals surface area contributed by atoms with Crippen molar-refractivity contribution in [3.05, 3.63) is 51.4 Å². The molecule has 0 amide bonds. The van der Waals surface area contributed by atoms with E-state index in [1.807, 2.05) is 12.1 Å². The van der Waals surface area contributed by atoms with Gasteiger partial charge in [0, 0.05) is 23.4 Å². The van der Waals surface area contributed by atoms with Gasteiger partial charge >= 0.3 is 11.6 Å². The zero-order valence-corrected chi connectivity index (χ0v) is 29.7. The second-order valence-electron chi connectivity index (χ2n) is 17.3. The van der Waals surface area contributed by atoms with Gasteiger partial charge in [0.2, 0.25) is 0 Å². The molecule has 1 aromatic carbocycles. The minimum absolute atomic E-state index is 0.0827. The molecule has 5 aliphatic rings. The van der Waals surface area contributed by atoms with Crippen LogP contribution in [0.3, 0.4) is 0 Å². The first kappa shape index (κ1) is 33.0. The first-order valence-corrected chi connectivity index (χ1v) is 19.1. The number of carbonyl (C=O) groups is 1. The molecule has 5 heteroatoms. The van der Waals surface area contributed by atoms with Gasteiger partial charge in [-0.2, -0.15) is 0 Å². The van der Waals surface area contributed by atoms with Crippen molar-refractivity contribution in [3.8, 4) is 5.75 Å². The maximum atomic E-state index is 12.9. The van der Waals surface area contributed by atoms with Crippen molar-refractivity contribution in [2.45, 2.75) is 137 Å². The Hall–Kier alpha value is -2.56. The summed E-state index contributed by atoms with van der Waals surface area (Å²) in [6.07, 6.45) is 20.4. The Morgan fingerprint density at radius 3 is 2.66 bits per heavy atom. The molecule has 0 N–H and O–H groups in total. The normalized spacial score (nSPS) is 33.7. The summed E-state index contributed by atoms with van der Waals surface area (Å²) in [6, 6.07) is 5.54. The molecule has 5 aliphatic carbocycles. The average molecular weight is 643 g/mol. The lowest BCUT2D eigenvalue weighted by molar-refractivity contribution is -0.154. The second-order valence-corrected chi connectivity index (χ2v) is 17.3. The maximum absolute atomic E-state index is 12.9. The predicted octanol–water partition coefficient (Wildman–Crippen LogP) is 10.0. The summed E-state index contributed by atoms with van der Waals surface area (Å²) in [5, 5.41) is 0.970. The fraction of sp³-hybridized carbons (Fsp3) is 0.714. The number of ether oxygens (including phenoxy) is 2. The van der Waals surface area contributed by atoms with Gasteiger partial charge in [-0.3, -0.25) is 0 Å². The van der Waals surface area contributed by atoms with E-state index in [1.165, 1.54) is 63.4 Å². The zero-order valence-electron chi connectivity index (χ0n) is 29.7. The van der Waals surface area contributed by atoms with Crippen molar-refractivity contribution in [1.82, 2.24) is 0 Å². The Morgan fingerprint density at radius 2 is 1.83 bits per heavy atom. The van der Waals surface area contributed by atoms with Crippen LogP contribution in [0.15, 0.2) is 39.1 Å². The van der Waals surface area contributed by atoms with Gasteiger partial charge in [0.15, 0.2) is 6.61 Å². The molecular weight excluding hydrogens is 584 g/mol. The molecule has 8 atom stereocenters. The SMILES string of the molecule is CC(C)CCC[C@H](C)[C@@H]1CC[C@@H]2[C@@H]3CC=C4C[C@@H](OC(=O)COc5ccc6c7c(c(=O)oc6c5)CCC7)CC[C@]4(C)[C@H]3CC[C@]2(C)C1. The number of carbonyl (C=O) groups excluding carboxylic acids is 1. The van der Waals surface area contributed by atoms with E-state index in [2.05, 4.69) is 40.7 Å². The van der Waals surface area contributed by atoms with Gasteiger partial charge < -0.3 is 13.9 Å². The van der Waals surface area contributed by atoms with E-state index in [9.17, 15) is 9.59 Å². The Morgan fingerprint density at radius 1 is 1.00 bits per heavy atom. The van der Waals surface area contributed by atoms with Crippen LogP contribution in [0.2, 0.25) is 0 Å². The van der Waals surface area contributed by atoms with E-state index in [0.29, 0.717) is 16.7 Å². The Balaban J connectivity index is 0.940. The molecule has 256 valence electrons. The van der Waals surface area contributed by atoms with Gasteiger partial charge in [-0.05, 0) is 135 Å². The molecule has 0 spiro atoms. The summed E-state index contributed by atoms with van der Waals surface area (Å²) in [4.78, 5) is 25.3. The molecule has 3 fully saturated rings. The lowest BCUT2D eigenvalue weighted by Gasteiger charge is -2.61. The minimum Gasteiger partial charge on any atom is -0.482 e. The highest BCUT2D eigenvalue weighted by molar-refractivity contribution is 5.83. The van der Waals surface area contributed by atoms with Crippen LogP contribution in [-0.4, -0.2) is 18.7 Å². The topological polar surface area (TPSA) is 65.7 Å². The second kappa shape index (κ2) is 13.0. The Bertz CT molecular complexity index is 1570. The molecule has 0 radical (unpaired) electrons. The molecule has 2 aromatic rings. The van der Waals surface area contributed by atoms with Crippen molar-refractivity contribution < 1.29 is 18.7 Å². The van der Waals surface area contributed by atoms with Gasteiger partial charge in [0.25, 0.3) is 0 Å². The zero-order chi connectivity index (χ0) is 32.9. The fourth-order valence-electron chi connectivity index (χ4n) is 11.3.